The van der Waals surface area contributed by atoms with Gasteiger partial charge in [0, 0.05) is 25.0 Å². The minimum absolute atomic E-state index is 0.0525. The highest BCUT2D eigenvalue weighted by Gasteiger charge is 2.27. The van der Waals surface area contributed by atoms with Crippen molar-refractivity contribution in [3.8, 4) is 5.95 Å². The van der Waals surface area contributed by atoms with E-state index in [2.05, 4.69) is 20.1 Å². The molecule has 1 aliphatic rings. The molecular weight excluding hydrogens is 280 g/mol. The molecule has 1 fully saturated rings. The van der Waals surface area contributed by atoms with Crippen molar-refractivity contribution in [3.63, 3.8) is 0 Å². The fraction of sp³-hybridized carbons (Fsp3) is 0.500. The van der Waals surface area contributed by atoms with Crippen molar-refractivity contribution < 1.29 is 5.11 Å². The summed E-state index contributed by atoms with van der Waals surface area (Å²) in [5.74, 6) is 0.876. The molecule has 0 unspecified atom stereocenters. The van der Waals surface area contributed by atoms with Gasteiger partial charge in [0.2, 0.25) is 11.2 Å². The molecule has 8 heteroatoms. The van der Waals surface area contributed by atoms with Gasteiger partial charge < -0.3 is 10.0 Å². The fourth-order valence-electron chi connectivity index (χ4n) is 2.20. The van der Waals surface area contributed by atoms with E-state index in [1.165, 1.54) is 11.1 Å². The molecule has 1 N–H and O–H groups in total. The number of aliphatic hydroxyl groups excluding tert-OH is 1. The molecular formula is C12H15ClN6O. The smallest absolute Gasteiger partial charge is 0.256 e. The first-order chi connectivity index (χ1) is 9.78. The van der Waals surface area contributed by atoms with E-state index in [0.717, 1.165) is 12.8 Å². The van der Waals surface area contributed by atoms with Crippen LogP contribution in [0.2, 0.25) is 5.28 Å². The topological polar surface area (TPSA) is 80.0 Å². The Morgan fingerprint density at radius 3 is 2.80 bits per heavy atom. The fourth-order valence-corrected chi connectivity index (χ4v) is 2.35. The Hall–Kier alpha value is -1.73. The van der Waals surface area contributed by atoms with E-state index in [9.17, 15) is 5.11 Å². The maximum Gasteiger partial charge on any atom is 0.256 e. The number of rotatable bonds is 5. The monoisotopic (exact) mass is 294 g/mol. The molecule has 0 saturated heterocycles. The number of anilines is 1. The Labute approximate surface area is 121 Å². The van der Waals surface area contributed by atoms with Crippen molar-refractivity contribution in [2.24, 2.45) is 0 Å². The first kappa shape index (κ1) is 13.3. The molecule has 0 radical (unpaired) electrons. The summed E-state index contributed by atoms with van der Waals surface area (Å²) in [5.41, 5.74) is 0. The molecule has 20 heavy (non-hydrogen) atoms. The highest BCUT2D eigenvalue weighted by Crippen LogP contribution is 2.28. The third-order valence-electron chi connectivity index (χ3n) is 3.41. The molecule has 2 aromatic heterocycles. The van der Waals surface area contributed by atoms with Crippen molar-refractivity contribution >= 4 is 17.5 Å². The van der Waals surface area contributed by atoms with E-state index < -0.39 is 0 Å². The molecule has 0 amide bonds. The van der Waals surface area contributed by atoms with Crippen LogP contribution >= 0.6 is 11.6 Å². The number of aliphatic hydroxyl groups is 1. The first-order valence-electron chi connectivity index (χ1n) is 6.57. The summed E-state index contributed by atoms with van der Waals surface area (Å²) in [7, 11) is 0. The second-order valence-corrected chi connectivity index (χ2v) is 4.99. The zero-order chi connectivity index (χ0) is 13.9. The van der Waals surface area contributed by atoms with Crippen LogP contribution in [-0.2, 0) is 0 Å². The molecule has 1 saturated carbocycles. The molecule has 2 heterocycles. The summed E-state index contributed by atoms with van der Waals surface area (Å²) < 4.78 is 1.54. The van der Waals surface area contributed by atoms with Gasteiger partial charge >= 0.3 is 0 Å². The second kappa shape index (κ2) is 5.72. The number of nitrogens with zero attached hydrogens (tertiary/aromatic N) is 6. The molecule has 7 nitrogen and oxygen atoms in total. The third-order valence-corrected chi connectivity index (χ3v) is 3.58. The largest absolute Gasteiger partial charge is 0.395 e. The Morgan fingerprint density at radius 2 is 2.20 bits per heavy atom. The maximum absolute atomic E-state index is 9.23. The van der Waals surface area contributed by atoms with E-state index in [-0.39, 0.29) is 11.9 Å². The van der Waals surface area contributed by atoms with Gasteiger partial charge in [-0.2, -0.15) is 20.1 Å². The van der Waals surface area contributed by atoms with Crippen LogP contribution in [0.4, 0.5) is 5.95 Å². The summed E-state index contributed by atoms with van der Waals surface area (Å²) in [4.78, 5) is 14.7. The molecule has 3 rings (SSSR count). The van der Waals surface area contributed by atoms with Crippen molar-refractivity contribution in [3.05, 3.63) is 23.7 Å². The van der Waals surface area contributed by atoms with Gasteiger partial charge in [0.05, 0.1) is 6.61 Å². The molecule has 1 aliphatic carbocycles. The van der Waals surface area contributed by atoms with Crippen LogP contribution < -0.4 is 4.90 Å². The minimum Gasteiger partial charge on any atom is -0.395 e. The average Bonchev–Trinajstić information content (AvgIpc) is 2.89. The maximum atomic E-state index is 9.23. The van der Waals surface area contributed by atoms with Crippen LogP contribution in [-0.4, -0.2) is 49.0 Å². The summed E-state index contributed by atoms with van der Waals surface area (Å²) in [6, 6.07) is 2.15. The lowest BCUT2D eigenvalue weighted by Gasteiger charge is -2.37. The summed E-state index contributed by atoms with van der Waals surface area (Å²) >= 11 is 5.98. The van der Waals surface area contributed by atoms with Gasteiger partial charge in [-0.15, -0.1) is 0 Å². The number of halogens is 1. The molecule has 2 aromatic rings. The summed E-state index contributed by atoms with van der Waals surface area (Å²) in [5, 5.41) is 13.4. The highest BCUT2D eigenvalue weighted by atomic mass is 35.5. The molecule has 0 spiro atoms. The zero-order valence-electron chi connectivity index (χ0n) is 10.9. The van der Waals surface area contributed by atoms with Crippen molar-refractivity contribution in [2.75, 3.05) is 18.1 Å². The van der Waals surface area contributed by atoms with E-state index >= 15 is 0 Å². The predicted octanol–water partition coefficient (Wildman–Crippen LogP) is 1.06. The number of aromatic nitrogens is 5. The normalized spacial score (nSPS) is 15.1. The summed E-state index contributed by atoms with van der Waals surface area (Å²) in [6.45, 7) is 0.542. The lowest BCUT2D eigenvalue weighted by molar-refractivity contribution is 0.282. The van der Waals surface area contributed by atoms with Crippen molar-refractivity contribution in [1.29, 1.82) is 0 Å². The van der Waals surface area contributed by atoms with E-state index in [0.29, 0.717) is 24.5 Å². The highest BCUT2D eigenvalue weighted by molar-refractivity contribution is 6.28. The van der Waals surface area contributed by atoms with Crippen LogP contribution in [0.25, 0.3) is 5.95 Å². The lowest BCUT2D eigenvalue weighted by atomic mass is 9.92. The van der Waals surface area contributed by atoms with E-state index in [4.69, 9.17) is 11.6 Å². The van der Waals surface area contributed by atoms with Crippen LogP contribution in [0, 0.1) is 0 Å². The van der Waals surface area contributed by atoms with E-state index in [1.807, 2.05) is 4.90 Å². The van der Waals surface area contributed by atoms with Gasteiger partial charge in [-0.3, -0.25) is 0 Å². The predicted molar refractivity (Wildman–Crippen MR) is 74.0 cm³/mol. The minimum atomic E-state index is 0.0525. The SMILES string of the molecule is OCCN(c1nc(Cl)nc(-n2cccn2)n1)C1CCC1. The van der Waals surface area contributed by atoms with Gasteiger partial charge in [0.15, 0.2) is 0 Å². The van der Waals surface area contributed by atoms with Crippen molar-refractivity contribution in [1.82, 2.24) is 24.7 Å². The number of hydrogen-bond acceptors (Lipinski definition) is 6. The van der Waals surface area contributed by atoms with E-state index in [1.54, 1.807) is 18.5 Å². The number of hydrogen-bond donors (Lipinski definition) is 1. The van der Waals surface area contributed by atoms with Gasteiger partial charge in [-0.25, -0.2) is 4.68 Å². The standard InChI is InChI=1S/C12H15ClN6O/c13-10-15-11(18(7-8-20)9-3-1-4-9)17-12(16-10)19-6-2-5-14-19/h2,5-6,9,20H,1,3-4,7-8H2. The molecule has 0 atom stereocenters. The molecule has 0 bridgehead atoms. The van der Waals surface area contributed by atoms with Crippen LogP contribution in [0.15, 0.2) is 18.5 Å². The van der Waals surface area contributed by atoms with Crippen LogP contribution in [0.5, 0.6) is 0 Å². The first-order valence-corrected chi connectivity index (χ1v) is 6.95. The molecule has 0 aliphatic heterocycles. The molecule has 106 valence electrons. The Morgan fingerprint density at radius 1 is 1.35 bits per heavy atom. The Balaban J connectivity index is 1.95. The van der Waals surface area contributed by atoms with Gasteiger partial charge in [0.1, 0.15) is 0 Å². The van der Waals surface area contributed by atoms with Gasteiger partial charge in [-0.05, 0) is 36.9 Å². The van der Waals surface area contributed by atoms with Crippen LogP contribution in [0.1, 0.15) is 19.3 Å². The van der Waals surface area contributed by atoms with Crippen LogP contribution in [0.3, 0.4) is 0 Å². The van der Waals surface area contributed by atoms with Gasteiger partial charge in [-0.1, -0.05) is 0 Å². The Bertz CT molecular complexity index is 571. The third kappa shape index (κ3) is 2.59. The van der Waals surface area contributed by atoms with Gasteiger partial charge in [0.25, 0.3) is 5.95 Å². The van der Waals surface area contributed by atoms with Crippen molar-refractivity contribution in [2.45, 2.75) is 25.3 Å². The lowest BCUT2D eigenvalue weighted by Crippen LogP contribution is -2.43. The zero-order valence-corrected chi connectivity index (χ0v) is 11.6. The quantitative estimate of drug-likeness (QED) is 0.888. The molecule has 0 aromatic carbocycles. The summed E-state index contributed by atoms with van der Waals surface area (Å²) in [6.07, 6.45) is 6.75. The Kier molecular flexibility index (Phi) is 3.79. The average molecular weight is 295 g/mol. The second-order valence-electron chi connectivity index (χ2n) is 4.66.